The third kappa shape index (κ3) is 2.22. The number of carbonyl (C=O) groups excluding carboxylic acids is 1. The fraction of sp³-hybridized carbons (Fsp3) is 0.357. The second-order valence-electron chi connectivity index (χ2n) is 4.15. The molecule has 0 spiro atoms. The first-order valence-electron chi connectivity index (χ1n) is 5.89. The van der Waals surface area contributed by atoms with Crippen LogP contribution in [-0.2, 0) is 0 Å². The van der Waals surface area contributed by atoms with E-state index in [0.29, 0.717) is 16.4 Å². The maximum atomic E-state index is 12.2. The highest BCUT2D eigenvalue weighted by Gasteiger charge is 2.20. The van der Waals surface area contributed by atoms with Crippen molar-refractivity contribution >= 4 is 28.4 Å². The molecule has 0 saturated carbocycles. The average molecular weight is 251 g/mol. The molecule has 1 aromatic heterocycles. The zero-order valence-electron chi connectivity index (χ0n) is 10.00. The Labute approximate surface area is 106 Å². The highest BCUT2D eigenvalue weighted by Crippen LogP contribution is 2.28. The Kier molecular flexibility index (Phi) is 3.53. The lowest BCUT2D eigenvalue weighted by molar-refractivity contribution is 0.0887. The highest BCUT2D eigenvalue weighted by molar-refractivity contribution is 6.34. The summed E-state index contributed by atoms with van der Waals surface area (Å²) >= 11 is 6.02. The number of rotatable bonds is 4. The van der Waals surface area contributed by atoms with Crippen LogP contribution in [0.15, 0.2) is 28.7 Å². The van der Waals surface area contributed by atoms with Gasteiger partial charge in [0.1, 0.15) is 0 Å². The van der Waals surface area contributed by atoms with Crippen molar-refractivity contribution in [3.05, 3.63) is 35.0 Å². The van der Waals surface area contributed by atoms with Gasteiger partial charge in [-0.2, -0.15) is 0 Å². The maximum absolute atomic E-state index is 12.2. The van der Waals surface area contributed by atoms with E-state index < -0.39 is 0 Å². The summed E-state index contributed by atoms with van der Waals surface area (Å²) in [5.41, 5.74) is 0.600. The number of hydrogen-bond donors (Lipinski definition) is 0. The van der Waals surface area contributed by atoms with Gasteiger partial charge in [0.2, 0.25) is 5.78 Å². The van der Waals surface area contributed by atoms with Crippen molar-refractivity contribution in [1.82, 2.24) is 0 Å². The van der Waals surface area contributed by atoms with Crippen molar-refractivity contribution in [2.75, 3.05) is 0 Å². The number of benzene rings is 1. The van der Waals surface area contributed by atoms with Gasteiger partial charge in [-0.1, -0.05) is 37.6 Å². The quantitative estimate of drug-likeness (QED) is 0.736. The van der Waals surface area contributed by atoms with E-state index in [1.807, 2.05) is 26.0 Å². The molecule has 1 aromatic carbocycles. The summed E-state index contributed by atoms with van der Waals surface area (Å²) in [6.45, 7) is 4.03. The van der Waals surface area contributed by atoms with Gasteiger partial charge in [-0.25, -0.2) is 0 Å². The molecule has 0 aliphatic heterocycles. The largest absolute Gasteiger partial charge is 0.451 e. The molecule has 3 heteroatoms. The van der Waals surface area contributed by atoms with Crippen LogP contribution in [0.2, 0.25) is 5.02 Å². The Hall–Kier alpha value is -1.28. The second kappa shape index (κ2) is 4.92. The molecule has 0 fully saturated rings. The first-order chi connectivity index (χ1) is 8.17. The predicted molar refractivity (Wildman–Crippen MR) is 69.6 cm³/mol. The minimum atomic E-state index is 0.0364. The van der Waals surface area contributed by atoms with Crippen molar-refractivity contribution in [3.8, 4) is 0 Å². The molecule has 90 valence electrons. The summed E-state index contributed by atoms with van der Waals surface area (Å²) in [6, 6.07) is 7.29. The van der Waals surface area contributed by atoms with Crippen LogP contribution in [0.5, 0.6) is 0 Å². The lowest BCUT2D eigenvalue weighted by Gasteiger charge is -2.07. The molecule has 17 heavy (non-hydrogen) atoms. The highest BCUT2D eigenvalue weighted by atomic mass is 35.5. The monoisotopic (exact) mass is 250 g/mol. The van der Waals surface area contributed by atoms with Crippen LogP contribution in [0.1, 0.15) is 37.2 Å². The number of fused-ring (bicyclic) bond motifs is 1. The molecule has 1 heterocycles. The van der Waals surface area contributed by atoms with E-state index in [1.165, 1.54) is 0 Å². The van der Waals surface area contributed by atoms with Crippen molar-refractivity contribution in [2.45, 2.75) is 26.7 Å². The van der Waals surface area contributed by atoms with Gasteiger partial charge in [0.05, 0.1) is 5.02 Å². The third-order valence-corrected chi connectivity index (χ3v) is 3.39. The van der Waals surface area contributed by atoms with Crippen LogP contribution in [0.3, 0.4) is 0 Å². The van der Waals surface area contributed by atoms with Crippen LogP contribution in [-0.4, -0.2) is 5.78 Å². The summed E-state index contributed by atoms with van der Waals surface area (Å²) < 4.78 is 5.56. The molecular weight excluding hydrogens is 236 g/mol. The number of para-hydroxylation sites is 1. The standard InChI is InChI=1S/C14H15ClO2/c1-3-9(4-2)13(16)12-8-10-6-5-7-11(15)14(10)17-12/h5-9H,3-4H2,1-2H3. The van der Waals surface area contributed by atoms with E-state index in [-0.39, 0.29) is 11.7 Å². The molecule has 0 unspecified atom stereocenters. The fourth-order valence-corrected chi connectivity index (χ4v) is 2.23. The maximum Gasteiger partial charge on any atom is 0.201 e. The van der Waals surface area contributed by atoms with Gasteiger partial charge < -0.3 is 4.42 Å². The third-order valence-electron chi connectivity index (χ3n) is 3.10. The van der Waals surface area contributed by atoms with Crippen molar-refractivity contribution in [3.63, 3.8) is 0 Å². The molecule has 0 radical (unpaired) electrons. The minimum absolute atomic E-state index is 0.0364. The summed E-state index contributed by atoms with van der Waals surface area (Å²) in [5.74, 6) is 0.526. The number of carbonyl (C=O) groups is 1. The second-order valence-corrected chi connectivity index (χ2v) is 4.55. The van der Waals surface area contributed by atoms with Crippen molar-refractivity contribution in [1.29, 1.82) is 0 Å². The molecule has 0 aliphatic rings. The summed E-state index contributed by atoms with van der Waals surface area (Å²) in [7, 11) is 0. The number of hydrogen-bond acceptors (Lipinski definition) is 2. The number of halogens is 1. The summed E-state index contributed by atoms with van der Waals surface area (Å²) in [4.78, 5) is 12.2. The van der Waals surface area contributed by atoms with Gasteiger partial charge in [-0.05, 0) is 25.0 Å². The summed E-state index contributed by atoms with van der Waals surface area (Å²) in [5, 5.41) is 1.43. The van der Waals surface area contributed by atoms with E-state index >= 15 is 0 Å². The number of Topliss-reactive ketones (excluding diaryl/α,β-unsaturated/α-hetero) is 1. The molecule has 2 nitrogen and oxygen atoms in total. The Morgan fingerprint density at radius 3 is 2.65 bits per heavy atom. The van der Waals surface area contributed by atoms with E-state index in [9.17, 15) is 4.79 Å². The lowest BCUT2D eigenvalue weighted by atomic mass is 9.96. The van der Waals surface area contributed by atoms with E-state index in [0.717, 1.165) is 18.2 Å². The lowest BCUT2D eigenvalue weighted by Crippen LogP contribution is -2.11. The zero-order chi connectivity index (χ0) is 12.4. The molecule has 0 aliphatic carbocycles. The van der Waals surface area contributed by atoms with Crippen LogP contribution in [0.25, 0.3) is 11.0 Å². The molecule has 2 aromatic rings. The molecule has 2 rings (SSSR count). The van der Waals surface area contributed by atoms with Crippen molar-refractivity contribution < 1.29 is 9.21 Å². The van der Waals surface area contributed by atoms with E-state index in [4.69, 9.17) is 16.0 Å². The Balaban J connectivity index is 2.43. The number of ketones is 1. The SMILES string of the molecule is CCC(CC)C(=O)c1cc2cccc(Cl)c2o1. The molecular formula is C14H15ClO2. The molecule has 0 saturated heterocycles. The predicted octanol–water partition coefficient (Wildman–Crippen LogP) is 4.71. The van der Waals surface area contributed by atoms with Gasteiger partial charge >= 0.3 is 0 Å². The molecule has 0 amide bonds. The topological polar surface area (TPSA) is 30.2 Å². The normalized spacial score (nSPS) is 11.3. The Bertz CT molecular complexity index is 538. The van der Waals surface area contributed by atoms with E-state index in [1.54, 1.807) is 12.1 Å². The minimum Gasteiger partial charge on any atom is -0.451 e. The van der Waals surface area contributed by atoms with Gasteiger partial charge in [0.15, 0.2) is 11.3 Å². The molecule has 0 atom stereocenters. The van der Waals surface area contributed by atoms with Crippen LogP contribution < -0.4 is 0 Å². The fourth-order valence-electron chi connectivity index (χ4n) is 2.01. The average Bonchev–Trinajstić information content (AvgIpc) is 2.76. The Morgan fingerprint density at radius 2 is 2.06 bits per heavy atom. The molecule has 0 N–H and O–H groups in total. The molecule has 0 bridgehead atoms. The van der Waals surface area contributed by atoms with Gasteiger partial charge in [-0.3, -0.25) is 4.79 Å². The summed E-state index contributed by atoms with van der Waals surface area (Å²) in [6.07, 6.45) is 1.67. The number of furan rings is 1. The first-order valence-corrected chi connectivity index (χ1v) is 6.27. The van der Waals surface area contributed by atoms with Gasteiger partial charge in [0, 0.05) is 11.3 Å². The van der Waals surface area contributed by atoms with Crippen LogP contribution in [0.4, 0.5) is 0 Å². The van der Waals surface area contributed by atoms with E-state index in [2.05, 4.69) is 0 Å². The Morgan fingerprint density at radius 1 is 1.35 bits per heavy atom. The van der Waals surface area contributed by atoms with Crippen LogP contribution >= 0.6 is 11.6 Å². The van der Waals surface area contributed by atoms with Crippen LogP contribution in [0, 0.1) is 5.92 Å². The zero-order valence-corrected chi connectivity index (χ0v) is 10.8. The first kappa shape index (κ1) is 12.2. The van der Waals surface area contributed by atoms with Gasteiger partial charge in [0.25, 0.3) is 0 Å². The smallest absolute Gasteiger partial charge is 0.201 e. The van der Waals surface area contributed by atoms with Gasteiger partial charge in [-0.15, -0.1) is 0 Å². The van der Waals surface area contributed by atoms with Crippen molar-refractivity contribution in [2.24, 2.45) is 5.92 Å².